The Labute approximate surface area is 147 Å². The van der Waals surface area contributed by atoms with Crippen LogP contribution in [0.15, 0.2) is 35.7 Å². The number of hydrogen-bond donors (Lipinski definition) is 1. The van der Waals surface area contributed by atoms with Crippen LogP contribution in [0.1, 0.15) is 45.3 Å². The lowest BCUT2D eigenvalue weighted by atomic mass is 10.1. The first-order valence-electron chi connectivity index (χ1n) is 8.05. The molecule has 0 spiro atoms. The van der Waals surface area contributed by atoms with Crippen molar-refractivity contribution in [2.45, 2.75) is 44.9 Å². The van der Waals surface area contributed by atoms with Crippen LogP contribution in [-0.2, 0) is 4.79 Å². The molecule has 0 aliphatic carbocycles. The van der Waals surface area contributed by atoms with Crippen molar-refractivity contribution in [3.05, 3.63) is 36.2 Å². The van der Waals surface area contributed by atoms with Gasteiger partial charge in [0.05, 0.1) is 18.4 Å². The molecule has 7 heteroatoms. The van der Waals surface area contributed by atoms with E-state index in [-0.39, 0.29) is 18.0 Å². The van der Waals surface area contributed by atoms with E-state index >= 15 is 0 Å². The Morgan fingerprint density at radius 1 is 1.29 bits per heavy atom. The van der Waals surface area contributed by atoms with Gasteiger partial charge in [-0.3, -0.25) is 4.79 Å². The lowest BCUT2D eigenvalue weighted by molar-refractivity contribution is -0.119. The van der Waals surface area contributed by atoms with Crippen LogP contribution in [0.2, 0.25) is 0 Å². The minimum absolute atomic E-state index is 0.0281. The third-order valence-corrected chi connectivity index (χ3v) is 4.45. The van der Waals surface area contributed by atoms with Crippen molar-refractivity contribution in [1.82, 2.24) is 20.1 Å². The van der Waals surface area contributed by atoms with Gasteiger partial charge < -0.3 is 14.6 Å². The van der Waals surface area contributed by atoms with Gasteiger partial charge in [-0.25, -0.2) is 0 Å². The van der Waals surface area contributed by atoms with Crippen LogP contribution in [0.3, 0.4) is 0 Å². The van der Waals surface area contributed by atoms with E-state index in [1.54, 1.807) is 6.33 Å². The summed E-state index contributed by atoms with van der Waals surface area (Å²) in [6.07, 6.45) is 1.69. The predicted octanol–water partition coefficient (Wildman–Crippen LogP) is 3.23. The average molecular weight is 348 g/mol. The van der Waals surface area contributed by atoms with Crippen molar-refractivity contribution >= 4 is 17.7 Å². The van der Waals surface area contributed by atoms with Crippen molar-refractivity contribution in [3.63, 3.8) is 0 Å². The third kappa shape index (κ3) is 4.99. The maximum atomic E-state index is 12.2. The Morgan fingerprint density at radius 3 is 2.62 bits per heavy atom. The molecule has 2 rings (SSSR count). The highest BCUT2D eigenvalue weighted by Gasteiger charge is 2.13. The number of carbonyl (C=O) groups is 1. The quantitative estimate of drug-likeness (QED) is 0.742. The van der Waals surface area contributed by atoms with Gasteiger partial charge >= 0.3 is 0 Å². The SMILES string of the molecule is CCOc1ccc(C(C)NC(=O)CSc2nncn2C(C)C)cc1. The molecule has 1 aromatic heterocycles. The molecule has 0 radical (unpaired) electrons. The first-order valence-corrected chi connectivity index (χ1v) is 9.04. The molecular weight excluding hydrogens is 324 g/mol. The number of amides is 1. The number of thioether (sulfide) groups is 1. The number of ether oxygens (including phenoxy) is 1. The largest absolute Gasteiger partial charge is 0.494 e. The minimum atomic E-state index is -0.0586. The second-order valence-electron chi connectivity index (χ2n) is 5.69. The lowest BCUT2D eigenvalue weighted by Gasteiger charge is -2.15. The van der Waals surface area contributed by atoms with E-state index in [1.807, 2.05) is 42.7 Å². The molecule has 130 valence electrons. The monoisotopic (exact) mass is 348 g/mol. The van der Waals surface area contributed by atoms with Crippen LogP contribution in [0, 0.1) is 0 Å². The van der Waals surface area contributed by atoms with Crippen molar-refractivity contribution in [2.75, 3.05) is 12.4 Å². The fraction of sp³-hybridized carbons (Fsp3) is 0.471. The summed E-state index contributed by atoms with van der Waals surface area (Å²) >= 11 is 1.39. The van der Waals surface area contributed by atoms with E-state index < -0.39 is 0 Å². The van der Waals surface area contributed by atoms with Gasteiger partial charge in [0.15, 0.2) is 5.16 Å². The number of aromatic nitrogens is 3. The van der Waals surface area contributed by atoms with E-state index in [4.69, 9.17) is 4.74 Å². The van der Waals surface area contributed by atoms with Crippen LogP contribution < -0.4 is 10.1 Å². The number of nitrogens with one attached hydrogen (secondary N) is 1. The summed E-state index contributed by atoms with van der Waals surface area (Å²) in [4.78, 5) is 12.2. The van der Waals surface area contributed by atoms with E-state index in [0.717, 1.165) is 16.5 Å². The maximum Gasteiger partial charge on any atom is 0.230 e. The molecule has 2 aromatic rings. The second kappa shape index (κ2) is 8.73. The molecule has 0 bridgehead atoms. The van der Waals surface area contributed by atoms with E-state index in [0.29, 0.717) is 12.4 Å². The Morgan fingerprint density at radius 2 is 2.00 bits per heavy atom. The van der Waals surface area contributed by atoms with Gasteiger partial charge in [0.25, 0.3) is 0 Å². The Hall–Kier alpha value is -2.02. The lowest BCUT2D eigenvalue weighted by Crippen LogP contribution is -2.28. The molecule has 0 aliphatic heterocycles. The second-order valence-corrected chi connectivity index (χ2v) is 6.64. The highest BCUT2D eigenvalue weighted by atomic mass is 32.2. The highest BCUT2D eigenvalue weighted by molar-refractivity contribution is 7.99. The molecule has 24 heavy (non-hydrogen) atoms. The predicted molar refractivity (Wildman–Crippen MR) is 95.3 cm³/mol. The van der Waals surface area contributed by atoms with Crippen molar-refractivity contribution in [2.24, 2.45) is 0 Å². The minimum Gasteiger partial charge on any atom is -0.494 e. The fourth-order valence-electron chi connectivity index (χ4n) is 2.21. The number of carbonyl (C=O) groups excluding carboxylic acids is 1. The fourth-order valence-corrected chi connectivity index (χ4v) is 3.06. The first kappa shape index (κ1) is 18.3. The summed E-state index contributed by atoms with van der Waals surface area (Å²) in [6.45, 7) is 8.68. The van der Waals surface area contributed by atoms with Crippen molar-refractivity contribution in [3.8, 4) is 5.75 Å². The molecule has 1 N–H and O–H groups in total. The van der Waals surface area contributed by atoms with Crippen molar-refractivity contribution in [1.29, 1.82) is 0 Å². The molecule has 0 saturated heterocycles. The molecule has 1 atom stereocenters. The van der Waals surface area contributed by atoms with Crippen molar-refractivity contribution < 1.29 is 9.53 Å². The summed E-state index contributed by atoms with van der Waals surface area (Å²) in [5.74, 6) is 1.12. The van der Waals surface area contributed by atoms with Crippen LogP contribution in [0.5, 0.6) is 5.75 Å². The van der Waals surface area contributed by atoms with E-state index in [9.17, 15) is 4.79 Å². The zero-order chi connectivity index (χ0) is 17.5. The Balaban J connectivity index is 1.86. The van der Waals surface area contributed by atoms with Gasteiger partial charge in [0.2, 0.25) is 5.91 Å². The standard InChI is InChI=1S/C17H24N4O2S/c1-5-23-15-8-6-14(7-9-15)13(4)19-16(22)10-24-17-20-18-11-21(17)12(2)3/h6-9,11-13H,5,10H2,1-4H3,(H,19,22). The molecule has 0 aliphatic rings. The summed E-state index contributed by atoms with van der Waals surface area (Å²) in [5.41, 5.74) is 1.04. The van der Waals surface area contributed by atoms with E-state index in [1.165, 1.54) is 11.8 Å². The number of rotatable bonds is 8. The molecule has 6 nitrogen and oxygen atoms in total. The Bertz CT molecular complexity index is 655. The van der Waals surface area contributed by atoms with Gasteiger partial charge in [-0.2, -0.15) is 0 Å². The van der Waals surface area contributed by atoms with Crippen LogP contribution >= 0.6 is 11.8 Å². The highest BCUT2D eigenvalue weighted by Crippen LogP contribution is 2.20. The van der Waals surface area contributed by atoms with Crippen LogP contribution in [-0.4, -0.2) is 33.0 Å². The smallest absolute Gasteiger partial charge is 0.230 e. The number of benzene rings is 1. The van der Waals surface area contributed by atoms with Gasteiger partial charge in [-0.05, 0) is 45.4 Å². The molecule has 1 aromatic carbocycles. The summed E-state index contributed by atoms with van der Waals surface area (Å²) in [5, 5.41) is 11.7. The molecule has 0 saturated carbocycles. The zero-order valence-electron chi connectivity index (χ0n) is 14.5. The van der Waals surface area contributed by atoms with E-state index in [2.05, 4.69) is 29.4 Å². The molecule has 1 heterocycles. The molecular formula is C17H24N4O2S. The molecule has 1 amide bonds. The number of nitrogens with zero attached hydrogens (tertiary/aromatic N) is 3. The van der Waals surface area contributed by atoms with Gasteiger partial charge in [-0.15, -0.1) is 10.2 Å². The van der Waals surface area contributed by atoms with Gasteiger partial charge in [-0.1, -0.05) is 23.9 Å². The third-order valence-electron chi connectivity index (χ3n) is 3.50. The topological polar surface area (TPSA) is 69.0 Å². The van der Waals surface area contributed by atoms with Crippen LogP contribution in [0.4, 0.5) is 0 Å². The molecule has 0 fully saturated rings. The molecule has 1 unspecified atom stereocenters. The summed E-state index contributed by atoms with van der Waals surface area (Å²) < 4.78 is 7.38. The van der Waals surface area contributed by atoms with Gasteiger partial charge in [0, 0.05) is 6.04 Å². The normalized spacial score (nSPS) is 12.2. The average Bonchev–Trinajstić information content (AvgIpc) is 3.02. The zero-order valence-corrected chi connectivity index (χ0v) is 15.3. The summed E-state index contributed by atoms with van der Waals surface area (Å²) in [7, 11) is 0. The van der Waals surface area contributed by atoms with Crippen LogP contribution in [0.25, 0.3) is 0 Å². The summed E-state index contributed by atoms with van der Waals surface area (Å²) in [6, 6.07) is 7.99. The maximum absolute atomic E-state index is 12.2. The first-order chi connectivity index (χ1) is 11.5. The Kier molecular flexibility index (Phi) is 6.66. The van der Waals surface area contributed by atoms with Gasteiger partial charge in [0.1, 0.15) is 12.1 Å². The number of hydrogen-bond acceptors (Lipinski definition) is 5.